The molecule has 0 radical (unpaired) electrons. The fourth-order valence-electron chi connectivity index (χ4n) is 1.30. The first-order valence-electron chi connectivity index (χ1n) is 7.49. The van der Waals surface area contributed by atoms with Crippen LogP contribution in [-0.2, 0) is 4.43 Å². The highest BCUT2D eigenvalue weighted by atomic mass is 28.4. The second kappa shape index (κ2) is 7.10. The van der Waals surface area contributed by atoms with E-state index in [0.29, 0.717) is 11.0 Å². The topological polar surface area (TPSA) is 9.23 Å². The Morgan fingerprint density at radius 1 is 1.05 bits per heavy atom. The van der Waals surface area contributed by atoms with Gasteiger partial charge in [0.15, 0.2) is 8.32 Å². The fraction of sp³-hybridized carbons (Fsp3) is 0.875. The quantitative estimate of drug-likeness (QED) is 0.494. The van der Waals surface area contributed by atoms with E-state index in [4.69, 9.17) is 4.43 Å². The third-order valence-electron chi connectivity index (χ3n) is 3.76. The van der Waals surface area contributed by atoms with Gasteiger partial charge in [-0.3, -0.25) is 0 Å². The van der Waals surface area contributed by atoms with Crippen LogP contribution in [-0.4, -0.2) is 23.0 Å². The summed E-state index contributed by atoms with van der Waals surface area (Å²) in [4.78, 5) is 0. The zero-order chi connectivity index (χ0) is 15.3. The van der Waals surface area contributed by atoms with E-state index in [-0.39, 0.29) is 0 Å². The van der Waals surface area contributed by atoms with Gasteiger partial charge in [0.1, 0.15) is 8.07 Å². The molecule has 0 aromatic rings. The molecular weight excluding hydrogens is 264 g/mol. The molecule has 0 aromatic heterocycles. The van der Waals surface area contributed by atoms with Crippen LogP contribution in [0, 0.1) is 17.4 Å². The van der Waals surface area contributed by atoms with Crippen molar-refractivity contribution in [2.24, 2.45) is 5.92 Å². The summed E-state index contributed by atoms with van der Waals surface area (Å²) >= 11 is 0. The van der Waals surface area contributed by atoms with E-state index >= 15 is 0 Å². The second-order valence-electron chi connectivity index (χ2n) is 8.27. The van der Waals surface area contributed by atoms with Gasteiger partial charge >= 0.3 is 0 Å². The van der Waals surface area contributed by atoms with Crippen molar-refractivity contribution in [3.05, 3.63) is 0 Å². The lowest BCUT2D eigenvalue weighted by atomic mass is 10.1. The molecule has 0 spiro atoms. The van der Waals surface area contributed by atoms with E-state index in [9.17, 15) is 0 Å². The third kappa shape index (κ3) is 8.67. The van der Waals surface area contributed by atoms with Crippen LogP contribution in [0.25, 0.3) is 0 Å². The molecule has 0 unspecified atom stereocenters. The highest BCUT2D eigenvalue weighted by Crippen LogP contribution is 2.36. The first-order valence-corrected chi connectivity index (χ1v) is 13.9. The molecule has 112 valence electrons. The highest BCUT2D eigenvalue weighted by molar-refractivity contribution is 6.83. The largest absolute Gasteiger partial charge is 0.417 e. The van der Waals surface area contributed by atoms with Crippen LogP contribution in [0.2, 0.25) is 37.8 Å². The molecule has 0 aliphatic carbocycles. The molecule has 0 N–H and O–H groups in total. The van der Waals surface area contributed by atoms with Crippen LogP contribution in [0.4, 0.5) is 0 Å². The minimum Gasteiger partial charge on any atom is -0.417 e. The normalized spacial score (nSPS) is 14.8. The number of hydrogen-bond donors (Lipinski definition) is 0. The van der Waals surface area contributed by atoms with Crippen LogP contribution in [0.3, 0.4) is 0 Å². The van der Waals surface area contributed by atoms with Crippen molar-refractivity contribution in [1.82, 2.24) is 0 Å². The summed E-state index contributed by atoms with van der Waals surface area (Å²) in [7, 11) is -2.76. The van der Waals surface area contributed by atoms with Crippen LogP contribution in [0.1, 0.15) is 40.5 Å². The molecule has 1 atom stereocenters. The SMILES string of the molecule is C[C@H](CCC#C[Si](C)(C)C)CO[Si](C)(C)C(C)(C)C. The standard InChI is InChI=1S/C16H34OSi2/c1-15(12-10-11-13-18(5,6)7)14-17-19(8,9)16(2,3)4/h15H,10,12,14H2,1-9H3/t15-/m1/s1. The Kier molecular flexibility index (Phi) is 7.09. The van der Waals surface area contributed by atoms with Gasteiger partial charge in [0.2, 0.25) is 0 Å². The summed E-state index contributed by atoms with van der Waals surface area (Å²) in [5, 5.41) is 0.310. The highest BCUT2D eigenvalue weighted by Gasteiger charge is 2.37. The van der Waals surface area contributed by atoms with Gasteiger partial charge in [-0.2, -0.15) is 0 Å². The van der Waals surface area contributed by atoms with Gasteiger partial charge in [-0.15, -0.1) is 11.5 Å². The number of hydrogen-bond acceptors (Lipinski definition) is 1. The smallest absolute Gasteiger partial charge is 0.191 e. The molecule has 0 heterocycles. The molecular formula is C16H34OSi2. The van der Waals surface area contributed by atoms with Crippen molar-refractivity contribution in [3.63, 3.8) is 0 Å². The average molecular weight is 299 g/mol. The minimum atomic E-state index is -1.57. The Bertz CT molecular complexity index is 323. The maximum atomic E-state index is 6.25. The van der Waals surface area contributed by atoms with Gasteiger partial charge in [-0.05, 0) is 30.5 Å². The van der Waals surface area contributed by atoms with Gasteiger partial charge in [-0.25, -0.2) is 0 Å². The predicted molar refractivity (Wildman–Crippen MR) is 92.7 cm³/mol. The van der Waals surface area contributed by atoms with E-state index in [1.54, 1.807) is 0 Å². The van der Waals surface area contributed by atoms with E-state index < -0.39 is 16.4 Å². The lowest BCUT2D eigenvalue weighted by molar-refractivity contribution is 0.232. The lowest BCUT2D eigenvalue weighted by Crippen LogP contribution is -2.41. The van der Waals surface area contributed by atoms with E-state index in [1.807, 2.05) is 0 Å². The van der Waals surface area contributed by atoms with Crippen molar-refractivity contribution < 1.29 is 4.43 Å². The predicted octanol–water partition coefficient (Wildman–Crippen LogP) is 5.31. The molecule has 0 rings (SSSR count). The molecule has 1 nitrogen and oxygen atoms in total. The Morgan fingerprint density at radius 3 is 2.00 bits per heavy atom. The van der Waals surface area contributed by atoms with Crippen LogP contribution < -0.4 is 0 Å². The summed E-state index contributed by atoms with van der Waals surface area (Å²) in [6, 6.07) is 0. The molecule has 0 saturated heterocycles. The zero-order valence-corrected chi connectivity index (χ0v) is 16.6. The third-order valence-corrected chi connectivity index (χ3v) is 9.19. The summed E-state index contributed by atoms with van der Waals surface area (Å²) in [6.45, 7) is 21.6. The van der Waals surface area contributed by atoms with Gasteiger partial charge in [0.25, 0.3) is 0 Å². The first-order chi connectivity index (χ1) is 8.35. The average Bonchev–Trinajstić information content (AvgIpc) is 2.18. The Morgan fingerprint density at radius 2 is 1.58 bits per heavy atom. The van der Waals surface area contributed by atoms with Crippen LogP contribution in [0.5, 0.6) is 0 Å². The molecule has 0 amide bonds. The summed E-state index contributed by atoms with van der Waals surface area (Å²) in [6.07, 6.45) is 2.18. The van der Waals surface area contributed by atoms with Gasteiger partial charge in [-0.1, -0.05) is 47.3 Å². The van der Waals surface area contributed by atoms with Gasteiger partial charge < -0.3 is 4.43 Å². The Labute approximate surface area is 123 Å². The van der Waals surface area contributed by atoms with Crippen molar-refractivity contribution in [2.75, 3.05) is 6.61 Å². The van der Waals surface area contributed by atoms with Gasteiger partial charge in [0.05, 0.1) is 0 Å². The van der Waals surface area contributed by atoms with E-state index in [2.05, 4.69) is 71.9 Å². The molecule has 3 heteroatoms. The minimum absolute atomic E-state index is 0.310. The molecule has 0 aromatic carbocycles. The molecule has 0 aliphatic heterocycles. The van der Waals surface area contributed by atoms with Gasteiger partial charge in [0, 0.05) is 13.0 Å². The molecule has 0 fully saturated rings. The maximum Gasteiger partial charge on any atom is 0.191 e. The number of rotatable bonds is 5. The zero-order valence-electron chi connectivity index (χ0n) is 14.6. The van der Waals surface area contributed by atoms with Crippen molar-refractivity contribution in [3.8, 4) is 11.5 Å². The Balaban J connectivity index is 4.07. The van der Waals surface area contributed by atoms with E-state index in [1.165, 1.54) is 0 Å². The fourth-order valence-corrected chi connectivity index (χ4v) is 3.09. The van der Waals surface area contributed by atoms with E-state index in [0.717, 1.165) is 19.4 Å². The second-order valence-corrected chi connectivity index (χ2v) is 17.8. The molecule has 0 bridgehead atoms. The molecule has 0 saturated carbocycles. The van der Waals surface area contributed by atoms with Crippen LogP contribution in [0.15, 0.2) is 0 Å². The molecule has 0 aliphatic rings. The molecule has 19 heavy (non-hydrogen) atoms. The van der Waals surface area contributed by atoms with Crippen LogP contribution >= 0.6 is 0 Å². The Hall–Kier alpha value is -0.0462. The lowest BCUT2D eigenvalue weighted by Gasteiger charge is -2.37. The summed E-state index contributed by atoms with van der Waals surface area (Å²) in [5.74, 6) is 3.97. The summed E-state index contributed by atoms with van der Waals surface area (Å²) < 4.78 is 6.25. The van der Waals surface area contributed by atoms with Crippen molar-refractivity contribution >= 4 is 16.4 Å². The summed E-state index contributed by atoms with van der Waals surface area (Å²) in [5.41, 5.74) is 3.43. The monoisotopic (exact) mass is 298 g/mol. The first kappa shape index (κ1) is 19.0. The van der Waals surface area contributed by atoms with Crippen molar-refractivity contribution in [1.29, 1.82) is 0 Å². The maximum absolute atomic E-state index is 6.25. The van der Waals surface area contributed by atoms with Crippen molar-refractivity contribution in [2.45, 2.75) is 78.3 Å².